The van der Waals surface area contributed by atoms with E-state index in [2.05, 4.69) is 29.0 Å². The van der Waals surface area contributed by atoms with Crippen LogP contribution in [0.3, 0.4) is 0 Å². The second-order valence-corrected chi connectivity index (χ2v) is 6.12. The molecule has 4 heteroatoms. The Morgan fingerprint density at radius 2 is 1.69 bits per heavy atom. The molecule has 2 aliphatic rings. The molecular formula is C12H25N3O. The van der Waals surface area contributed by atoms with Crippen molar-refractivity contribution in [1.82, 2.24) is 14.9 Å². The van der Waals surface area contributed by atoms with E-state index in [1.54, 1.807) is 0 Å². The summed E-state index contributed by atoms with van der Waals surface area (Å²) in [5.74, 6) is 0. The van der Waals surface area contributed by atoms with Gasteiger partial charge in [-0.1, -0.05) is 0 Å². The van der Waals surface area contributed by atoms with Gasteiger partial charge in [0.05, 0.1) is 5.60 Å². The lowest BCUT2D eigenvalue weighted by molar-refractivity contribution is -0.0844. The highest BCUT2D eigenvalue weighted by atomic mass is 16.3. The van der Waals surface area contributed by atoms with Crippen LogP contribution in [0.2, 0.25) is 0 Å². The van der Waals surface area contributed by atoms with Gasteiger partial charge >= 0.3 is 0 Å². The summed E-state index contributed by atoms with van der Waals surface area (Å²) in [5.41, 5.74) is -0.570. The van der Waals surface area contributed by atoms with E-state index >= 15 is 0 Å². The van der Waals surface area contributed by atoms with E-state index in [0.717, 1.165) is 19.6 Å². The zero-order valence-corrected chi connectivity index (χ0v) is 11.0. The Hall–Kier alpha value is -0.160. The first-order valence-electron chi connectivity index (χ1n) is 6.27. The Kier molecular flexibility index (Phi) is 3.27. The van der Waals surface area contributed by atoms with E-state index in [-0.39, 0.29) is 0 Å². The Labute approximate surface area is 98.8 Å². The van der Waals surface area contributed by atoms with Gasteiger partial charge in [0.2, 0.25) is 0 Å². The normalized spacial score (nSPS) is 32.6. The number of piperazine rings is 1. The van der Waals surface area contributed by atoms with Crippen molar-refractivity contribution in [2.45, 2.75) is 44.4 Å². The Balaban J connectivity index is 1.97. The summed E-state index contributed by atoms with van der Waals surface area (Å²) in [4.78, 5) is 2.42. The molecule has 2 aliphatic heterocycles. The number of β-amino-alcohol motifs (C(OH)–C–C–N with tert-alkyl or cyclic N) is 1. The van der Waals surface area contributed by atoms with Gasteiger partial charge in [-0.15, -0.1) is 0 Å². The predicted molar refractivity (Wildman–Crippen MR) is 65.1 cm³/mol. The molecule has 2 fully saturated rings. The highest BCUT2D eigenvalue weighted by Gasteiger charge is 2.41. The molecule has 0 aromatic carbocycles. The van der Waals surface area contributed by atoms with Crippen molar-refractivity contribution in [1.29, 1.82) is 0 Å². The van der Waals surface area contributed by atoms with Crippen LogP contribution in [-0.4, -0.2) is 71.4 Å². The fraction of sp³-hybridized carbons (Fsp3) is 1.00. The Bertz CT molecular complexity index is 235. The molecule has 0 saturated carbocycles. The molecule has 2 saturated heterocycles. The molecule has 1 N–H and O–H groups in total. The second kappa shape index (κ2) is 4.26. The summed E-state index contributed by atoms with van der Waals surface area (Å²) < 4.78 is 0. The lowest BCUT2D eigenvalue weighted by Gasteiger charge is -2.45. The molecule has 0 aromatic rings. The molecule has 16 heavy (non-hydrogen) atoms. The molecule has 4 nitrogen and oxygen atoms in total. The lowest BCUT2D eigenvalue weighted by atomic mass is 10.1. The zero-order valence-electron chi connectivity index (χ0n) is 11.0. The zero-order chi connectivity index (χ0) is 11.9. The molecule has 0 aromatic heterocycles. The summed E-state index contributed by atoms with van der Waals surface area (Å²) in [6.07, 6.45) is 2.59. The topological polar surface area (TPSA) is 30.0 Å². The first-order chi connectivity index (χ1) is 7.37. The van der Waals surface area contributed by atoms with Gasteiger partial charge in [0, 0.05) is 45.8 Å². The van der Waals surface area contributed by atoms with E-state index in [4.69, 9.17) is 0 Å². The molecule has 94 valence electrons. The molecule has 0 spiro atoms. The highest BCUT2D eigenvalue weighted by Crippen LogP contribution is 2.30. The summed E-state index contributed by atoms with van der Waals surface area (Å²) >= 11 is 0. The number of hydrogen-bond donors (Lipinski definition) is 1. The summed E-state index contributed by atoms with van der Waals surface area (Å²) in [6.45, 7) is 6.78. The van der Waals surface area contributed by atoms with Crippen molar-refractivity contribution in [3.63, 3.8) is 0 Å². The van der Waals surface area contributed by atoms with Gasteiger partial charge in [0.25, 0.3) is 0 Å². The molecule has 0 aliphatic carbocycles. The predicted octanol–water partition coefficient (Wildman–Crippen LogP) is 0.383. The summed E-state index contributed by atoms with van der Waals surface area (Å²) in [7, 11) is 4.27. The van der Waals surface area contributed by atoms with Crippen LogP contribution in [0, 0.1) is 0 Å². The number of fused-ring (bicyclic) bond motifs is 2. The molecule has 0 amide bonds. The highest BCUT2D eigenvalue weighted by molar-refractivity contribution is 4.95. The third kappa shape index (κ3) is 2.56. The maximum atomic E-state index is 9.87. The van der Waals surface area contributed by atoms with Crippen molar-refractivity contribution < 1.29 is 5.11 Å². The number of nitrogens with zero attached hydrogens (tertiary/aromatic N) is 3. The number of aliphatic hydroxyl groups is 1. The van der Waals surface area contributed by atoms with E-state index in [0.29, 0.717) is 12.1 Å². The van der Waals surface area contributed by atoms with Crippen molar-refractivity contribution >= 4 is 0 Å². The fourth-order valence-corrected chi connectivity index (χ4v) is 3.30. The van der Waals surface area contributed by atoms with Gasteiger partial charge in [-0.3, -0.25) is 4.90 Å². The van der Waals surface area contributed by atoms with Crippen LogP contribution < -0.4 is 0 Å². The Morgan fingerprint density at radius 1 is 1.19 bits per heavy atom. The van der Waals surface area contributed by atoms with Gasteiger partial charge in [-0.25, -0.2) is 10.0 Å². The maximum Gasteiger partial charge on any atom is 0.0718 e. The minimum atomic E-state index is -0.570. The van der Waals surface area contributed by atoms with Gasteiger partial charge in [0.15, 0.2) is 0 Å². The summed E-state index contributed by atoms with van der Waals surface area (Å²) in [6, 6.07) is 1.30. The van der Waals surface area contributed by atoms with Gasteiger partial charge < -0.3 is 5.11 Å². The van der Waals surface area contributed by atoms with Crippen LogP contribution in [0.15, 0.2) is 0 Å². The van der Waals surface area contributed by atoms with Gasteiger partial charge in [-0.2, -0.15) is 0 Å². The van der Waals surface area contributed by atoms with Crippen LogP contribution in [0.25, 0.3) is 0 Å². The third-order valence-electron chi connectivity index (χ3n) is 3.59. The van der Waals surface area contributed by atoms with Crippen molar-refractivity contribution in [3.05, 3.63) is 0 Å². The first kappa shape index (κ1) is 12.3. The van der Waals surface area contributed by atoms with E-state index in [1.165, 1.54) is 12.8 Å². The van der Waals surface area contributed by atoms with E-state index in [1.807, 2.05) is 13.8 Å². The molecule has 2 heterocycles. The monoisotopic (exact) mass is 227 g/mol. The average Bonchev–Trinajstić information content (AvgIpc) is 2.36. The quantitative estimate of drug-likeness (QED) is 0.755. The minimum Gasteiger partial charge on any atom is -0.389 e. The number of likely N-dealkylation sites (tertiary alicyclic amines) is 1. The van der Waals surface area contributed by atoms with E-state index < -0.39 is 5.60 Å². The fourth-order valence-electron chi connectivity index (χ4n) is 3.30. The molecule has 2 atom stereocenters. The van der Waals surface area contributed by atoms with Gasteiger partial charge in [-0.05, 0) is 26.7 Å². The van der Waals surface area contributed by atoms with Crippen molar-refractivity contribution in [2.24, 2.45) is 0 Å². The third-order valence-corrected chi connectivity index (χ3v) is 3.59. The van der Waals surface area contributed by atoms with Crippen molar-refractivity contribution in [3.8, 4) is 0 Å². The smallest absolute Gasteiger partial charge is 0.0718 e. The molecule has 2 unspecified atom stereocenters. The minimum absolute atomic E-state index is 0.570. The number of rotatable bonds is 3. The largest absolute Gasteiger partial charge is 0.389 e. The van der Waals surface area contributed by atoms with Gasteiger partial charge in [0.1, 0.15) is 0 Å². The Morgan fingerprint density at radius 3 is 2.06 bits per heavy atom. The average molecular weight is 227 g/mol. The molecular weight excluding hydrogens is 202 g/mol. The molecule has 0 radical (unpaired) electrons. The standard InChI is InChI=1S/C12H25N3O/c1-12(2,16)9-14-7-10-5-6-11(8-14)15(10)13(3)4/h10-11,16H,5-9H2,1-4H3. The van der Waals surface area contributed by atoms with Crippen LogP contribution in [0.1, 0.15) is 26.7 Å². The van der Waals surface area contributed by atoms with Crippen LogP contribution in [0.4, 0.5) is 0 Å². The van der Waals surface area contributed by atoms with Crippen LogP contribution in [-0.2, 0) is 0 Å². The van der Waals surface area contributed by atoms with Crippen LogP contribution >= 0.6 is 0 Å². The van der Waals surface area contributed by atoms with E-state index in [9.17, 15) is 5.11 Å². The maximum absolute atomic E-state index is 9.87. The number of hydrogen-bond acceptors (Lipinski definition) is 4. The van der Waals surface area contributed by atoms with Crippen LogP contribution in [0.5, 0.6) is 0 Å². The lowest BCUT2D eigenvalue weighted by Crippen LogP contribution is -2.59. The molecule has 2 bridgehead atoms. The number of hydrazine groups is 1. The summed E-state index contributed by atoms with van der Waals surface area (Å²) in [5, 5.41) is 14.6. The van der Waals surface area contributed by atoms with Crippen molar-refractivity contribution in [2.75, 3.05) is 33.7 Å². The SMILES string of the molecule is CN(C)N1C2CCC1CN(CC(C)(C)O)C2. The molecule has 2 rings (SSSR count). The first-order valence-corrected chi connectivity index (χ1v) is 6.27. The second-order valence-electron chi connectivity index (χ2n) is 6.12.